The van der Waals surface area contributed by atoms with Crippen molar-refractivity contribution in [3.8, 4) is 0 Å². The van der Waals surface area contributed by atoms with Crippen molar-refractivity contribution in [2.75, 3.05) is 19.7 Å². The number of aryl methyl sites for hydroxylation is 2. The Balaban J connectivity index is 1.91. The van der Waals surface area contributed by atoms with E-state index < -0.39 is 21.7 Å². The topological polar surface area (TPSA) is 84.7 Å². The molecule has 1 spiro atoms. The molecule has 0 bridgehead atoms. The summed E-state index contributed by atoms with van der Waals surface area (Å²) in [5.74, 6) is 0. The Morgan fingerprint density at radius 3 is 2.86 bits per heavy atom. The standard InChI is InChI=1S/C13H21N3O4S/c1-10-11(8-15(2)14-10)21(18,19)16-6-4-12(17)13(9-16)5-3-7-20-13/h8,12,17H,3-7,9H2,1-2H3/t12-,13-/m0/s1. The highest BCUT2D eigenvalue weighted by atomic mass is 32.2. The average molecular weight is 315 g/mol. The molecule has 21 heavy (non-hydrogen) atoms. The third kappa shape index (κ3) is 2.40. The van der Waals surface area contributed by atoms with Crippen LogP contribution in [0.4, 0.5) is 0 Å². The third-order valence-corrected chi connectivity index (χ3v) is 6.37. The minimum atomic E-state index is -3.60. The summed E-state index contributed by atoms with van der Waals surface area (Å²) in [6.45, 7) is 2.79. The summed E-state index contributed by atoms with van der Waals surface area (Å²) < 4.78 is 34.2. The van der Waals surface area contributed by atoms with Crippen LogP contribution in [0.1, 0.15) is 25.0 Å². The van der Waals surface area contributed by atoms with Gasteiger partial charge in [-0.3, -0.25) is 4.68 Å². The van der Waals surface area contributed by atoms with E-state index in [0.717, 1.165) is 6.42 Å². The molecule has 0 aliphatic carbocycles. The maximum atomic E-state index is 12.8. The molecule has 2 aliphatic rings. The molecule has 0 unspecified atom stereocenters. The van der Waals surface area contributed by atoms with Gasteiger partial charge in [-0.2, -0.15) is 9.40 Å². The number of nitrogens with zero attached hydrogens (tertiary/aromatic N) is 3. The summed E-state index contributed by atoms with van der Waals surface area (Å²) in [4.78, 5) is 0.231. The molecule has 2 aliphatic heterocycles. The lowest BCUT2D eigenvalue weighted by Crippen LogP contribution is -2.57. The van der Waals surface area contributed by atoms with Gasteiger partial charge in [-0.15, -0.1) is 0 Å². The minimum Gasteiger partial charge on any atom is -0.390 e. The van der Waals surface area contributed by atoms with E-state index >= 15 is 0 Å². The summed E-state index contributed by atoms with van der Waals surface area (Å²) in [5.41, 5.74) is -0.244. The first-order valence-electron chi connectivity index (χ1n) is 7.18. The summed E-state index contributed by atoms with van der Waals surface area (Å²) >= 11 is 0. The minimum absolute atomic E-state index is 0.213. The largest absolute Gasteiger partial charge is 0.390 e. The second kappa shape index (κ2) is 5.05. The van der Waals surface area contributed by atoms with Crippen molar-refractivity contribution < 1.29 is 18.3 Å². The highest BCUT2D eigenvalue weighted by Gasteiger charge is 2.49. The van der Waals surface area contributed by atoms with Crippen molar-refractivity contribution in [3.63, 3.8) is 0 Å². The Kier molecular flexibility index (Phi) is 3.59. The molecule has 8 heteroatoms. The van der Waals surface area contributed by atoms with Crippen molar-refractivity contribution in [1.29, 1.82) is 0 Å². The van der Waals surface area contributed by atoms with E-state index in [1.54, 1.807) is 14.0 Å². The molecule has 0 radical (unpaired) electrons. The molecule has 118 valence electrons. The lowest BCUT2D eigenvalue weighted by atomic mass is 9.88. The second-order valence-electron chi connectivity index (χ2n) is 5.91. The molecule has 1 aromatic heterocycles. The van der Waals surface area contributed by atoms with E-state index in [1.165, 1.54) is 15.2 Å². The van der Waals surface area contributed by atoms with Gasteiger partial charge in [0.25, 0.3) is 0 Å². The Bertz CT molecular complexity index is 634. The molecular weight excluding hydrogens is 294 g/mol. The highest BCUT2D eigenvalue weighted by molar-refractivity contribution is 7.89. The van der Waals surface area contributed by atoms with E-state index in [9.17, 15) is 13.5 Å². The fourth-order valence-electron chi connectivity index (χ4n) is 3.29. The first kappa shape index (κ1) is 15.0. The number of aliphatic hydroxyl groups excluding tert-OH is 1. The number of aliphatic hydroxyl groups is 1. The van der Waals surface area contributed by atoms with Crippen LogP contribution in [0.2, 0.25) is 0 Å². The molecule has 3 rings (SSSR count). The van der Waals surface area contributed by atoms with E-state index in [0.29, 0.717) is 31.7 Å². The van der Waals surface area contributed by atoms with Crippen LogP contribution in [-0.2, 0) is 21.8 Å². The number of sulfonamides is 1. The predicted octanol–water partition coefficient (Wildman–Crippen LogP) is 0.0330. The molecule has 7 nitrogen and oxygen atoms in total. The maximum Gasteiger partial charge on any atom is 0.246 e. The Morgan fingerprint density at radius 1 is 1.52 bits per heavy atom. The molecule has 0 amide bonds. The van der Waals surface area contributed by atoms with E-state index in [2.05, 4.69) is 5.10 Å². The molecule has 1 aromatic rings. The van der Waals surface area contributed by atoms with E-state index in [1.807, 2.05) is 0 Å². The van der Waals surface area contributed by atoms with Crippen LogP contribution in [0.3, 0.4) is 0 Å². The van der Waals surface area contributed by atoms with E-state index in [-0.39, 0.29) is 11.4 Å². The Morgan fingerprint density at radius 2 is 2.29 bits per heavy atom. The molecule has 1 N–H and O–H groups in total. The highest BCUT2D eigenvalue weighted by Crippen LogP contribution is 2.36. The van der Waals surface area contributed by atoms with Crippen molar-refractivity contribution in [2.24, 2.45) is 7.05 Å². The molecule has 2 fully saturated rings. The fraction of sp³-hybridized carbons (Fsp3) is 0.769. The van der Waals surface area contributed by atoms with Gasteiger partial charge in [-0.25, -0.2) is 8.42 Å². The Labute approximate surface area is 124 Å². The quantitative estimate of drug-likeness (QED) is 0.832. The monoisotopic (exact) mass is 315 g/mol. The van der Waals surface area contributed by atoms with Crippen LogP contribution in [0, 0.1) is 6.92 Å². The zero-order valence-corrected chi connectivity index (χ0v) is 13.1. The van der Waals surface area contributed by atoms with Crippen LogP contribution in [-0.4, -0.2) is 59.0 Å². The SMILES string of the molecule is Cc1nn(C)cc1S(=O)(=O)N1CC[C@H](O)[C@]2(CCCO2)C1. The van der Waals surface area contributed by atoms with Crippen LogP contribution in [0.5, 0.6) is 0 Å². The van der Waals surface area contributed by atoms with Gasteiger partial charge in [0.2, 0.25) is 10.0 Å². The molecule has 2 atom stereocenters. The summed E-state index contributed by atoms with van der Waals surface area (Å²) in [7, 11) is -1.90. The van der Waals surface area contributed by atoms with Crippen molar-refractivity contribution in [2.45, 2.75) is 42.8 Å². The summed E-state index contributed by atoms with van der Waals surface area (Å²) in [5, 5.41) is 14.3. The molecule has 0 aromatic carbocycles. The summed E-state index contributed by atoms with van der Waals surface area (Å²) in [6, 6.07) is 0. The van der Waals surface area contributed by atoms with Crippen molar-refractivity contribution in [1.82, 2.24) is 14.1 Å². The van der Waals surface area contributed by atoms with Gasteiger partial charge >= 0.3 is 0 Å². The number of ether oxygens (including phenoxy) is 1. The third-order valence-electron chi connectivity index (χ3n) is 4.42. The van der Waals surface area contributed by atoms with Gasteiger partial charge in [-0.1, -0.05) is 0 Å². The Hall–Kier alpha value is -0.960. The van der Waals surface area contributed by atoms with Gasteiger partial charge in [0.05, 0.1) is 11.8 Å². The smallest absolute Gasteiger partial charge is 0.246 e. The molecule has 2 saturated heterocycles. The first-order valence-corrected chi connectivity index (χ1v) is 8.62. The number of hydrogen-bond donors (Lipinski definition) is 1. The number of hydrogen-bond acceptors (Lipinski definition) is 5. The first-order chi connectivity index (χ1) is 9.85. The molecular formula is C13H21N3O4S. The van der Waals surface area contributed by atoms with Gasteiger partial charge in [0, 0.05) is 32.9 Å². The van der Waals surface area contributed by atoms with Gasteiger partial charge in [-0.05, 0) is 26.2 Å². The predicted molar refractivity (Wildman–Crippen MR) is 75.2 cm³/mol. The van der Waals surface area contributed by atoms with Gasteiger partial charge in [0.15, 0.2) is 0 Å². The van der Waals surface area contributed by atoms with Crippen LogP contribution in [0.25, 0.3) is 0 Å². The summed E-state index contributed by atoms with van der Waals surface area (Å²) in [6.07, 6.45) is 2.89. The van der Waals surface area contributed by atoms with Crippen molar-refractivity contribution in [3.05, 3.63) is 11.9 Å². The lowest BCUT2D eigenvalue weighted by Gasteiger charge is -2.42. The molecule has 3 heterocycles. The second-order valence-corrected chi connectivity index (χ2v) is 7.82. The van der Waals surface area contributed by atoms with Crippen LogP contribution >= 0.6 is 0 Å². The zero-order valence-electron chi connectivity index (χ0n) is 12.3. The number of aromatic nitrogens is 2. The normalized spacial score (nSPS) is 31.1. The van der Waals surface area contributed by atoms with Crippen LogP contribution in [0.15, 0.2) is 11.1 Å². The fourth-order valence-corrected chi connectivity index (χ4v) is 5.01. The van der Waals surface area contributed by atoms with Gasteiger partial charge in [0.1, 0.15) is 10.5 Å². The van der Waals surface area contributed by atoms with E-state index in [4.69, 9.17) is 4.74 Å². The number of piperidine rings is 1. The average Bonchev–Trinajstić information content (AvgIpc) is 3.01. The maximum absolute atomic E-state index is 12.8. The van der Waals surface area contributed by atoms with Gasteiger partial charge < -0.3 is 9.84 Å². The lowest BCUT2D eigenvalue weighted by molar-refractivity contribution is -0.117. The number of rotatable bonds is 2. The van der Waals surface area contributed by atoms with Crippen molar-refractivity contribution >= 4 is 10.0 Å². The zero-order chi connectivity index (χ0) is 15.3. The van der Waals surface area contributed by atoms with Crippen LogP contribution < -0.4 is 0 Å². The molecule has 0 saturated carbocycles.